The van der Waals surface area contributed by atoms with Gasteiger partial charge in [-0.25, -0.2) is 9.97 Å². The third-order valence-electron chi connectivity index (χ3n) is 13.7. The predicted molar refractivity (Wildman–Crippen MR) is 277 cm³/mol. The molecule has 0 bridgehead atoms. The Hall–Kier alpha value is -8.86. The van der Waals surface area contributed by atoms with E-state index in [1.54, 1.807) is 0 Å². The first-order valence-electron chi connectivity index (χ1n) is 22.6. The van der Waals surface area contributed by atoms with Gasteiger partial charge in [0.2, 0.25) is 5.95 Å². The zero-order chi connectivity index (χ0) is 43.3. The van der Waals surface area contributed by atoms with Gasteiger partial charge in [0.25, 0.3) is 0 Å². The predicted octanol–water partition coefficient (Wildman–Crippen LogP) is 16.3. The topological polar surface area (TPSA) is 35.6 Å². The van der Waals surface area contributed by atoms with Crippen LogP contribution in [0, 0.1) is 0 Å². The van der Waals surface area contributed by atoms with E-state index in [1.165, 1.54) is 81.6 Å². The van der Waals surface area contributed by atoms with E-state index in [0.29, 0.717) is 5.95 Å². The highest BCUT2D eigenvalue weighted by molar-refractivity contribution is 6.26. The lowest BCUT2D eigenvalue weighted by molar-refractivity contribution is 1.01. The molecule has 0 saturated carbocycles. The molecule has 0 atom stereocenters. The number of nitrogens with zero attached hydrogens (tertiary/aromatic N) is 4. The van der Waals surface area contributed by atoms with Crippen LogP contribution in [0.4, 0.5) is 0 Å². The first-order valence-corrected chi connectivity index (χ1v) is 22.6. The molecule has 0 aliphatic carbocycles. The molecule has 14 aromatic rings. The quantitative estimate of drug-likeness (QED) is 0.173. The van der Waals surface area contributed by atoms with Crippen molar-refractivity contribution < 1.29 is 0 Å². The van der Waals surface area contributed by atoms with E-state index < -0.39 is 0 Å². The summed E-state index contributed by atoms with van der Waals surface area (Å²) >= 11 is 0. The van der Waals surface area contributed by atoms with Crippen LogP contribution < -0.4 is 0 Å². The first kappa shape index (κ1) is 36.6. The molecule has 0 spiro atoms. The third-order valence-corrected chi connectivity index (χ3v) is 13.7. The number of aromatic nitrogens is 4. The average molecular weight is 839 g/mol. The number of rotatable bonds is 5. The van der Waals surface area contributed by atoms with Gasteiger partial charge in [0, 0.05) is 38.2 Å². The molecule has 3 heterocycles. The van der Waals surface area contributed by atoms with Crippen LogP contribution in [0.25, 0.3) is 132 Å². The third kappa shape index (κ3) is 5.45. The standard InChI is InChI=1S/C62H38N4/c1-3-17-39(18-4-1)61-49-25-11-14-28-54(49)63-62(64-61)66-56-30-16-13-27-51(56)60-48-24-10-8-22-46(48)53(38-58(60)66)43-34-32-40-35-42(33-31-41(40)36-43)52-37-57-59(47-23-9-7-21-45(47)52)50-26-12-15-29-55(50)65(57)44-19-5-2-6-20-44/h1-38H. The Labute approximate surface area is 379 Å². The molecule has 0 N–H and O–H groups in total. The Kier molecular flexibility index (Phi) is 7.95. The maximum Gasteiger partial charge on any atom is 0.235 e. The zero-order valence-corrected chi connectivity index (χ0v) is 35.7. The molecule has 0 fully saturated rings. The van der Waals surface area contributed by atoms with Gasteiger partial charge in [0.05, 0.1) is 33.3 Å². The van der Waals surface area contributed by atoms with E-state index in [-0.39, 0.29) is 0 Å². The largest absolute Gasteiger partial charge is 0.309 e. The van der Waals surface area contributed by atoms with Gasteiger partial charge in [-0.2, -0.15) is 0 Å². The van der Waals surface area contributed by atoms with Crippen LogP contribution in [0.1, 0.15) is 0 Å². The Morgan fingerprint density at radius 3 is 1.33 bits per heavy atom. The van der Waals surface area contributed by atoms with Crippen molar-refractivity contribution in [3.63, 3.8) is 0 Å². The summed E-state index contributed by atoms with van der Waals surface area (Å²) in [6, 6.07) is 83.4. The van der Waals surface area contributed by atoms with E-state index >= 15 is 0 Å². The molecule has 0 saturated heterocycles. The van der Waals surface area contributed by atoms with Crippen LogP contribution in [-0.2, 0) is 0 Å². The van der Waals surface area contributed by atoms with Crippen molar-refractivity contribution in [1.82, 2.24) is 19.1 Å². The summed E-state index contributed by atoms with van der Waals surface area (Å²) in [5.74, 6) is 0.654. The summed E-state index contributed by atoms with van der Waals surface area (Å²) in [7, 11) is 0. The molecule has 14 rings (SSSR count). The van der Waals surface area contributed by atoms with Crippen molar-refractivity contribution in [2.24, 2.45) is 0 Å². The highest BCUT2D eigenvalue weighted by atomic mass is 15.2. The van der Waals surface area contributed by atoms with Crippen molar-refractivity contribution in [2.45, 2.75) is 0 Å². The maximum absolute atomic E-state index is 5.39. The van der Waals surface area contributed by atoms with Crippen molar-refractivity contribution in [1.29, 1.82) is 0 Å². The van der Waals surface area contributed by atoms with E-state index in [1.807, 2.05) is 6.07 Å². The molecular formula is C62H38N4. The molecule has 0 aliphatic rings. The minimum Gasteiger partial charge on any atom is -0.309 e. The van der Waals surface area contributed by atoms with Gasteiger partial charge in [-0.3, -0.25) is 4.57 Å². The maximum atomic E-state index is 5.39. The Morgan fingerprint density at radius 1 is 0.288 bits per heavy atom. The lowest BCUT2D eigenvalue weighted by Gasteiger charge is -2.14. The molecule has 306 valence electrons. The van der Waals surface area contributed by atoms with Crippen LogP contribution in [0.5, 0.6) is 0 Å². The molecule has 0 unspecified atom stereocenters. The van der Waals surface area contributed by atoms with E-state index in [4.69, 9.17) is 9.97 Å². The van der Waals surface area contributed by atoms with Crippen LogP contribution in [0.15, 0.2) is 231 Å². The van der Waals surface area contributed by atoms with Crippen molar-refractivity contribution in [3.05, 3.63) is 231 Å². The summed E-state index contributed by atoms with van der Waals surface area (Å²) in [4.78, 5) is 10.7. The van der Waals surface area contributed by atoms with Crippen molar-refractivity contribution >= 4 is 86.8 Å². The highest BCUT2D eigenvalue weighted by Gasteiger charge is 2.22. The average Bonchev–Trinajstić information content (AvgIpc) is 3.91. The van der Waals surface area contributed by atoms with E-state index in [2.05, 4.69) is 234 Å². The van der Waals surface area contributed by atoms with Crippen molar-refractivity contribution in [2.75, 3.05) is 0 Å². The van der Waals surface area contributed by atoms with Crippen LogP contribution in [0.2, 0.25) is 0 Å². The summed E-state index contributed by atoms with van der Waals surface area (Å²) in [6.45, 7) is 0. The lowest BCUT2D eigenvalue weighted by atomic mass is 9.91. The molecule has 66 heavy (non-hydrogen) atoms. The minimum absolute atomic E-state index is 0.654. The summed E-state index contributed by atoms with van der Waals surface area (Å²) in [5, 5.41) is 13.3. The van der Waals surface area contributed by atoms with Gasteiger partial charge in [0.15, 0.2) is 0 Å². The van der Waals surface area contributed by atoms with Crippen LogP contribution >= 0.6 is 0 Å². The first-order chi connectivity index (χ1) is 32.7. The second kappa shape index (κ2) is 14.3. The molecule has 3 aromatic heterocycles. The number of para-hydroxylation sites is 4. The van der Waals surface area contributed by atoms with Gasteiger partial charge in [0.1, 0.15) is 0 Å². The van der Waals surface area contributed by atoms with Gasteiger partial charge in [-0.1, -0.05) is 176 Å². The summed E-state index contributed by atoms with van der Waals surface area (Å²) in [5.41, 5.74) is 13.4. The highest BCUT2D eigenvalue weighted by Crippen LogP contribution is 2.44. The summed E-state index contributed by atoms with van der Waals surface area (Å²) < 4.78 is 4.69. The zero-order valence-electron chi connectivity index (χ0n) is 35.7. The molecule has 11 aromatic carbocycles. The SMILES string of the molecule is c1ccc(-c2nc(-n3c4ccccc4c4c5ccccc5c(-c5ccc6cc(-c7cc8c(c9ccccc79)c7ccccc7n8-c7ccccc7)ccc6c5)cc43)nc3ccccc23)cc1. The molecule has 0 amide bonds. The van der Waals surface area contributed by atoms with E-state index in [0.717, 1.165) is 44.4 Å². The normalized spacial score (nSPS) is 11.9. The molecule has 4 heteroatoms. The van der Waals surface area contributed by atoms with Gasteiger partial charge in [-0.15, -0.1) is 0 Å². The van der Waals surface area contributed by atoms with E-state index in [9.17, 15) is 0 Å². The fourth-order valence-corrected chi connectivity index (χ4v) is 10.8. The second-order valence-electron chi connectivity index (χ2n) is 17.3. The fourth-order valence-electron chi connectivity index (χ4n) is 10.8. The number of hydrogen-bond donors (Lipinski definition) is 0. The molecule has 0 radical (unpaired) electrons. The number of fused-ring (bicyclic) bond motifs is 12. The van der Waals surface area contributed by atoms with Gasteiger partial charge in [-0.05, 0) is 109 Å². The Bertz CT molecular complexity index is 4280. The molecule has 4 nitrogen and oxygen atoms in total. The Balaban J connectivity index is 0.965. The van der Waals surface area contributed by atoms with Crippen LogP contribution in [-0.4, -0.2) is 19.1 Å². The number of hydrogen-bond acceptors (Lipinski definition) is 2. The van der Waals surface area contributed by atoms with Gasteiger partial charge >= 0.3 is 0 Å². The van der Waals surface area contributed by atoms with Crippen molar-refractivity contribution in [3.8, 4) is 45.1 Å². The number of benzene rings is 11. The van der Waals surface area contributed by atoms with Gasteiger partial charge < -0.3 is 4.57 Å². The summed E-state index contributed by atoms with van der Waals surface area (Å²) in [6.07, 6.45) is 0. The minimum atomic E-state index is 0.654. The fraction of sp³-hybridized carbons (Fsp3) is 0. The second-order valence-corrected chi connectivity index (χ2v) is 17.3. The Morgan fingerprint density at radius 2 is 0.742 bits per heavy atom. The smallest absolute Gasteiger partial charge is 0.235 e. The van der Waals surface area contributed by atoms with Crippen LogP contribution in [0.3, 0.4) is 0 Å². The molecular weight excluding hydrogens is 801 g/mol. The lowest BCUT2D eigenvalue weighted by Crippen LogP contribution is -2.03. The molecule has 0 aliphatic heterocycles. The monoisotopic (exact) mass is 838 g/mol.